The van der Waals surface area contributed by atoms with Crippen molar-refractivity contribution in [2.45, 2.75) is 58.9 Å². The van der Waals surface area contributed by atoms with Crippen molar-refractivity contribution in [2.24, 2.45) is 0 Å². The maximum atomic E-state index is 11.8. The molecule has 4 heteroatoms. The lowest BCUT2D eigenvalue weighted by Gasteiger charge is -2.03. The van der Waals surface area contributed by atoms with Gasteiger partial charge in [-0.2, -0.15) is 4.98 Å². The van der Waals surface area contributed by atoms with Crippen molar-refractivity contribution in [3.05, 3.63) is 28.5 Å². The number of hydrogen-bond acceptors (Lipinski definition) is 3. The fourth-order valence-corrected chi connectivity index (χ4v) is 2.17. The molecule has 2 rings (SSSR count). The van der Waals surface area contributed by atoms with Crippen LogP contribution in [-0.4, -0.2) is 9.55 Å². The van der Waals surface area contributed by atoms with Gasteiger partial charge in [0.1, 0.15) is 5.76 Å². The molecule has 0 aliphatic heterocycles. The van der Waals surface area contributed by atoms with Crippen molar-refractivity contribution < 1.29 is 4.42 Å². The van der Waals surface area contributed by atoms with E-state index in [1.165, 1.54) is 0 Å². The summed E-state index contributed by atoms with van der Waals surface area (Å²) in [6, 6.07) is 2.01. The molecule has 0 atom stereocenters. The van der Waals surface area contributed by atoms with Crippen molar-refractivity contribution in [3.63, 3.8) is 0 Å². The molecule has 104 valence electrons. The number of nitrogens with zero attached hydrogens (tertiary/aromatic N) is 2. The first-order valence-corrected chi connectivity index (χ1v) is 7.24. The second-order valence-corrected chi connectivity index (χ2v) is 5.00. The molecule has 0 fully saturated rings. The van der Waals surface area contributed by atoms with E-state index in [9.17, 15) is 4.79 Å². The van der Waals surface area contributed by atoms with Crippen LogP contribution in [0.5, 0.6) is 0 Å². The molecule has 19 heavy (non-hydrogen) atoms. The first-order chi connectivity index (χ1) is 9.24. The number of unbranched alkanes of at least 4 members (excludes halogenated alkanes) is 3. The van der Waals surface area contributed by atoms with E-state index in [2.05, 4.69) is 18.8 Å². The van der Waals surface area contributed by atoms with Crippen molar-refractivity contribution >= 4 is 11.1 Å². The summed E-state index contributed by atoms with van der Waals surface area (Å²) in [5.74, 6) is 0.926. The maximum Gasteiger partial charge on any atom is 0.350 e. The normalized spacial score (nSPS) is 11.3. The molecule has 2 aromatic rings. The van der Waals surface area contributed by atoms with E-state index in [4.69, 9.17) is 4.42 Å². The molecular formula is C15H22N2O2. The minimum atomic E-state index is -0.208. The summed E-state index contributed by atoms with van der Waals surface area (Å²) in [6.45, 7) is 5.05. The molecule has 0 radical (unpaired) electrons. The third-order valence-electron chi connectivity index (χ3n) is 3.31. The number of aryl methyl sites for hydroxylation is 2. The standard InChI is InChI=1S/C15H22N2O2/c1-3-5-7-9-17-11-12-10-13(8-6-4-2)19-14(12)16-15(17)18/h10-11H,3-9H2,1-2H3. The van der Waals surface area contributed by atoms with Crippen LogP contribution < -0.4 is 5.69 Å². The summed E-state index contributed by atoms with van der Waals surface area (Å²) >= 11 is 0. The van der Waals surface area contributed by atoms with Crippen LogP contribution >= 0.6 is 0 Å². The van der Waals surface area contributed by atoms with E-state index in [-0.39, 0.29) is 5.69 Å². The minimum Gasteiger partial charge on any atom is -0.443 e. The van der Waals surface area contributed by atoms with Crippen LogP contribution in [0.3, 0.4) is 0 Å². The topological polar surface area (TPSA) is 48.0 Å². The van der Waals surface area contributed by atoms with Crippen LogP contribution in [-0.2, 0) is 13.0 Å². The summed E-state index contributed by atoms with van der Waals surface area (Å²) in [5.41, 5.74) is 0.267. The highest BCUT2D eigenvalue weighted by Gasteiger charge is 2.08. The smallest absolute Gasteiger partial charge is 0.350 e. The Morgan fingerprint density at radius 3 is 2.74 bits per heavy atom. The van der Waals surface area contributed by atoms with E-state index in [0.717, 1.165) is 56.2 Å². The second-order valence-electron chi connectivity index (χ2n) is 5.00. The lowest BCUT2D eigenvalue weighted by atomic mass is 10.2. The van der Waals surface area contributed by atoms with E-state index in [1.54, 1.807) is 4.57 Å². The van der Waals surface area contributed by atoms with Crippen LogP contribution in [0.15, 0.2) is 21.5 Å². The van der Waals surface area contributed by atoms with Gasteiger partial charge in [0, 0.05) is 19.2 Å². The predicted molar refractivity (Wildman–Crippen MR) is 76.4 cm³/mol. The highest BCUT2D eigenvalue weighted by molar-refractivity contribution is 5.72. The SMILES string of the molecule is CCCCCn1cc2cc(CCCC)oc2nc1=O. The molecule has 0 spiro atoms. The van der Waals surface area contributed by atoms with Crippen molar-refractivity contribution in [3.8, 4) is 0 Å². The highest BCUT2D eigenvalue weighted by atomic mass is 16.3. The molecule has 0 aromatic carbocycles. The zero-order valence-corrected chi connectivity index (χ0v) is 11.8. The third kappa shape index (κ3) is 3.46. The summed E-state index contributed by atoms with van der Waals surface area (Å²) in [5, 5.41) is 0.933. The molecule has 0 saturated heterocycles. The summed E-state index contributed by atoms with van der Waals surface area (Å²) in [6.07, 6.45) is 8.32. The Kier molecular flexibility index (Phi) is 4.77. The Bertz CT molecular complexity index is 583. The number of furan rings is 1. The van der Waals surface area contributed by atoms with Crippen molar-refractivity contribution in [1.29, 1.82) is 0 Å². The maximum absolute atomic E-state index is 11.8. The van der Waals surface area contributed by atoms with Crippen LogP contribution in [0.25, 0.3) is 11.1 Å². The van der Waals surface area contributed by atoms with Gasteiger partial charge in [0.05, 0.1) is 5.39 Å². The molecule has 2 heterocycles. The van der Waals surface area contributed by atoms with Gasteiger partial charge in [0.25, 0.3) is 0 Å². The molecule has 0 aliphatic carbocycles. The highest BCUT2D eigenvalue weighted by Crippen LogP contribution is 2.17. The van der Waals surface area contributed by atoms with E-state index in [0.29, 0.717) is 5.71 Å². The van der Waals surface area contributed by atoms with E-state index < -0.39 is 0 Å². The second kappa shape index (κ2) is 6.55. The van der Waals surface area contributed by atoms with Gasteiger partial charge in [-0.05, 0) is 18.9 Å². The zero-order valence-electron chi connectivity index (χ0n) is 11.8. The van der Waals surface area contributed by atoms with Gasteiger partial charge in [0.15, 0.2) is 0 Å². The molecule has 0 N–H and O–H groups in total. The van der Waals surface area contributed by atoms with Gasteiger partial charge in [-0.1, -0.05) is 33.1 Å². The lowest BCUT2D eigenvalue weighted by Crippen LogP contribution is -2.21. The molecule has 0 saturated carbocycles. The average molecular weight is 262 g/mol. The minimum absolute atomic E-state index is 0.208. The number of aromatic nitrogens is 2. The number of rotatable bonds is 7. The third-order valence-corrected chi connectivity index (χ3v) is 3.31. The Morgan fingerprint density at radius 1 is 1.21 bits per heavy atom. The molecule has 2 aromatic heterocycles. The van der Waals surface area contributed by atoms with E-state index in [1.807, 2.05) is 12.3 Å². The average Bonchev–Trinajstić information content (AvgIpc) is 2.78. The first kappa shape index (κ1) is 13.8. The first-order valence-electron chi connectivity index (χ1n) is 7.24. The molecule has 0 aliphatic rings. The number of hydrogen-bond donors (Lipinski definition) is 0. The largest absolute Gasteiger partial charge is 0.443 e. The monoisotopic (exact) mass is 262 g/mol. The Labute approximate surface area is 113 Å². The summed E-state index contributed by atoms with van der Waals surface area (Å²) in [4.78, 5) is 15.9. The van der Waals surface area contributed by atoms with Gasteiger partial charge in [-0.15, -0.1) is 0 Å². The number of fused-ring (bicyclic) bond motifs is 1. The Balaban J connectivity index is 2.20. The van der Waals surface area contributed by atoms with Gasteiger partial charge in [0.2, 0.25) is 5.71 Å². The van der Waals surface area contributed by atoms with Crippen molar-refractivity contribution in [1.82, 2.24) is 9.55 Å². The van der Waals surface area contributed by atoms with Gasteiger partial charge in [-0.25, -0.2) is 4.79 Å². The fourth-order valence-electron chi connectivity index (χ4n) is 2.17. The summed E-state index contributed by atoms with van der Waals surface area (Å²) in [7, 11) is 0. The molecular weight excluding hydrogens is 240 g/mol. The quantitative estimate of drug-likeness (QED) is 0.717. The zero-order chi connectivity index (χ0) is 13.7. The molecule has 0 unspecified atom stereocenters. The Hall–Kier alpha value is -1.58. The van der Waals surface area contributed by atoms with Crippen molar-refractivity contribution in [2.75, 3.05) is 0 Å². The molecule has 0 bridgehead atoms. The molecule has 4 nitrogen and oxygen atoms in total. The summed E-state index contributed by atoms with van der Waals surface area (Å²) < 4.78 is 7.30. The van der Waals surface area contributed by atoms with Gasteiger partial charge in [-0.3, -0.25) is 4.57 Å². The van der Waals surface area contributed by atoms with Crippen LogP contribution in [0, 0.1) is 0 Å². The van der Waals surface area contributed by atoms with Crippen LogP contribution in [0.1, 0.15) is 51.7 Å². The lowest BCUT2D eigenvalue weighted by molar-refractivity contribution is 0.521. The van der Waals surface area contributed by atoms with Gasteiger partial charge >= 0.3 is 5.69 Å². The fraction of sp³-hybridized carbons (Fsp3) is 0.600. The Morgan fingerprint density at radius 2 is 2.00 bits per heavy atom. The van der Waals surface area contributed by atoms with Gasteiger partial charge < -0.3 is 4.42 Å². The molecule has 0 amide bonds. The predicted octanol–water partition coefficient (Wildman–Crippen LogP) is 3.52. The van der Waals surface area contributed by atoms with E-state index >= 15 is 0 Å². The van der Waals surface area contributed by atoms with Crippen LogP contribution in [0.2, 0.25) is 0 Å². The van der Waals surface area contributed by atoms with Crippen LogP contribution in [0.4, 0.5) is 0 Å².